The van der Waals surface area contributed by atoms with Crippen molar-refractivity contribution in [1.29, 1.82) is 0 Å². The monoisotopic (exact) mass is 341 g/mol. The van der Waals surface area contributed by atoms with E-state index in [9.17, 15) is 18.0 Å². The fourth-order valence-corrected chi connectivity index (χ4v) is 2.03. The van der Waals surface area contributed by atoms with Crippen LogP contribution in [-0.4, -0.2) is 28.5 Å². The first-order chi connectivity index (χ1) is 11.4. The molecule has 0 bridgehead atoms. The molecule has 0 saturated heterocycles. The molecule has 0 aliphatic rings. The number of halogens is 3. The summed E-state index contributed by atoms with van der Waals surface area (Å²) in [5, 5.41) is 6.98. The van der Waals surface area contributed by atoms with Gasteiger partial charge in [-0.3, -0.25) is 9.48 Å². The quantitative estimate of drug-likeness (QED) is 0.842. The molecule has 0 atom stereocenters. The average molecular weight is 341 g/mol. The van der Waals surface area contributed by atoms with E-state index in [-0.39, 0.29) is 19.1 Å². The van der Waals surface area contributed by atoms with Crippen LogP contribution in [0.4, 0.5) is 13.2 Å². The van der Waals surface area contributed by atoms with E-state index in [0.29, 0.717) is 11.1 Å². The molecule has 24 heavy (non-hydrogen) atoms. The standard InChI is InChI=1S/C16H18F3N3O2/c1-2-22-7-6-14(21-22)9-20-15(23)13-5-3-4-12(8-13)10-24-11-16(17,18)19/h3-8H,2,9-11H2,1H3,(H,20,23). The lowest BCUT2D eigenvalue weighted by atomic mass is 10.1. The lowest BCUT2D eigenvalue weighted by Gasteiger charge is -2.09. The van der Waals surface area contributed by atoms with E-state index in [1.54, 1.807) is 22.9 Å². The molecule has 1 aromatic carbocycles. The van der Waals surface area contributed by atoms with Gasteiger partial charge in [-0.25, -0.2) is 0 Å². The van der Waals surface area contributed by atoms with Gasteiger partial charge in [-0.1, -0.05) is 12.1 Å². The summed E-state index contributed by atoms with van der Waals surface area (Å²) in [5.74, 6) is -0.321. The van der Waals surface area contributed by atoms with Gasteiger partial charge in [-0.05, 0) is 30.7 Å². The molecule has 1 N–H and O–H groups in total. The minimum atomic E-state index is -4.36. The Balaban J connectivity index is 1.88. The van der Waals surface area contributed by atoms with Gasteiger partial charge in [0.05, 0.1) is 18.8 Å². The fraction of sp³-hybridized carbons (Fsp3) is 0.375. The Morgan fingerprint density at radius 2 is 2.12 bits per heavy atom. The van der Waals surface area contributed by atoms with Crippen molar-refractivity contribution in [3.8, 4) is 0 Å². The highest BCUT2D eigenvalue weighted by atomic mass is 19.4. The summed E-state index contributed by atoms with van der Waals surface area (Å²) in [6.45, 7) is 1.46. The van der Waals surface area contributed by atoms with E-state index in [4.69, 9.17) is 0 Å². The van der Waals surface area contributed by atoms with Gasteiger partial charge in [0.2, 0.25) is 0 Å². The number of nitrogens with zero attached hydrogens (tertiary/aromatic N) is 2. The molecule has 0 saturated carbocycles. The second kappa shape index (κ2) is 7.96. The fourth-order valence-electron chi connectivity index (χ4n) is 2.03. The van der Waals surface area contributed by atoms with Crippen molar-refractivity contribution in [2.75, 3.05) is 6.61 Å². The third-order valence-corrected chi connectivity index (χ3v) is 3.17. The minimum absolute atomic E-state index is 0.207. The van der Waals surface area contributed by atoms with Crippen LogP contribution in [0, 0.1) is 0 Å². The van der Waals surface area contributed by atoms with Gasteiger partial charge in [-0.2, -0.15) is 18.3 Å². The lowest BCUT2D eigenvalue weighted by molar-refractivity contribution is -0.176. The molecule has 8 heteroatoms. The Morgan fingerprint density at radius 3 is 2.79 bits per heavy atom. The van der Waals surface area contributed by atoms with Gasteiger partial charge < -0.3 is 10.1 Å². The first-order valence-electron chi connectivity index (χ1n) is 7.41. The zero-order valence-corrected chi connectivity index (χ0v) is 13.1. The van der Waals surface area contributed by atoms with Gasteiger partial charge >= 0.3 is 6.18 Å². The van der Waals surface area contributed by atoms with Gasteiger partial charge in [0.25, 0.3) is 5.91 Å². The van der Waals surface area contributed by atoms with E-state index in [0.717, 1.165) is 12.2 Å². The number of hydrogen-bond acceptors (Lipinski definition) is 3. The average Bonchev–Trinajstić information content (AvgIpc) is 3.00. The number of amides is 1. The Labute approximate surface area is 137 Å². The second-order valence-corrected chi connectivity index (χ2v) is 5.15. The molecule has 0 spiro atoms. The zero-order chi connectivity index (χ0) is 17.6. The number of aromatic nitrogens is 2. The molecular weight excluding hydrogens is 323 g/mol. The largest absolute Gasteiger partial charge is 0.411 e. The molecule has 130 valence electrons. The van der Waals surface area contributed by atoms with Crippen LogP contribution in [0.25, 0.3) is 0 Å². The van der Waals surface area contributed by atoms with Crippen molar-refractivity contribution in [1.82, 2.24) is 15.1 Å². The van der Waals surface area contributed by atoms with Crippen LogP contribution in [-0.2, 0) is 24.4 Å². The summed E-state index contributed by atoms with van der Waals surface area (Å²) < 4.78 is 42.5. The Morgan fingerprint density at radius 1 is 1.33 bits per heavy atom. The first kappa shape index (κ1) is 18.0. The lowest BCUT2D eigenvalue weighted by Crippen LogP contribution is -2.23. The minimum Gasteiger partial charge on any atom is -0.367 e. The number of aryl methyl sites for hydroxylation is 1. The van der Waals surface area contributed by atoms with Gasteiger partial charge in [0.15, 0.2) is 0 Å². The third kappa shape index (κ3) is 5.69. The van der Waals surface area contributed by atoms with Crippen LogP contribution >= 0.6 is 0 Å². The summed E-state index contributed by atoms with van der Waals surface area (Å²) in [4.78, 5) is 12.1. The molecule has 2 aromatic rings. The number of carbonyl (C=O) groups excluding carboxylic acids is 1. The number of alkyl halides is 3. The van der Waals surface area contributed by atoms with Crippen LogP contribution in [0.1, 0.15) is 28.5 Å². The molecule has 1 amide bonds. The molecular formula is C16H18F3N3O2. The molecule has 0 aliphatic heterocycles. The Hall–Kier alpha value is -2.35. The molecule has 0 unspecified atom stereocenters. The number of benzene rings is 1. The maximum absolute atomic E-state index is 12.1. The Kier molecular flexibility index (Phi) is 5.97. The molecule has 0 aliphatic carbocycles. The molecule has 5 nitrogen and oxygen atoms in total. The van der Waals surface area contributed by atoms with Crippen molar-refractivity contribution in [3.05, 3.63) is 53.3 Å². The van der Waals surface area contributed by atoms with Crippen LogP contribution in [0.15, 0.2) is 36.5 Å². The Bertz CT molecular complexity index is 683. The molecule has 1 aromatic heterocycles. The summed E-state index contributed by atoms with van der Waals surface area (Å²) >= 11 is 0. The van der Waals surface area contributed by atoms with E-state index in [1.165, 1.54) is 6.07 Å². The third-order valence-electron chi connectivity index (χ3n) is 3.17. The smallest absolute Gasteiger partial charge is 0.367 e. The molecule has 1 heterocycles. The van der Waals surface area contributed by atoms with Crippen molar-refractivity contribution in [2.45, 2.75) is 32.8 Å². The highest BCUT2D eigenvalue weighted by molar-refractivity contribution is 5.94. The van der Waals surface area contributed by atoms with Crippen molar-refractivity contribution >= 4 is 5.91 Å². The predicted molar refractivity (Wildman–Crippen MR) is 81.2 cm³/mol. The zero-order valence-electron chi connectivity index (χ0n) is 13.1. The summed E-state index contributed by atoms with van der Waals surface area (Å²) in [5.41, 5.74) is 1.59. The summed E-state index contributed by atoms with van der Waals surface area (Å²) in [6.07, 6.45) is -2.54. The maximum atomic E-state index is 12.1. The van der Waals surface area contributed by atoms with Crippen LogP contribution in [0.3, 0.4) is 0 Å². The number of ether oxygens (including phenoxy) is 1. The predicted octanol–water partition coefficient (Wildman–Crippen LogP) is 2.91. The number of rotatable bonds is 7. The highest BCUT2D eigenvalue weighted by Gasteiger charge is 2.27. The highest BCUT2D eigenvalue weighted by Crippen LogP contribution is 2.16. The van der Waals surface area contributed by atoms with Crippen molar-refractivity contribution in [3.63, 3.8) is 0 Å². The molecule has 2 rings (SSSR count). The number of carbonyl (C=O) groups is 1. The normalized spacial score (nSPS) is 11.5. The second-order valence-electron chi connectivity index (χ2n) is 5.15. The maximum Gasteiger partial charge on any atom is 0.411 e. The first-order valence-corrected chi connectivity index (χ1v) is 7.41. The van der Waals surface area contributed by atoms with Crippen molar-refractivity contribution in [2.24, 2.45) is 0 Å². The van der Waals surface area contributed by atoms with Crippen LogP contribution < -0.4 is 5.32 Å². The van der Waals surface area contributed by atoms with E-state index < -0.39 is 12.8 Å². The van der Waals surface area contributed by atoms with E-state index >= 15 is 0 Å². The molecule has 0 fully saturated rings. The van der Waals surface area contributed by atoms with Crippen LogP contribution in [0.2, 0.25) is 0 Å². The number of nitrogens with one attached hydrogen (secondary N) is 1. The topological polar surface area (TPSA) is 56.2 Å². The molecule has 0 radical (unpaired) electrons. The van der Waals surface area contributed by atoms with Crippen molar-refractivity contribution < 1.29 is 22.7 Å². The van der Waals surface area contributed by atoms with Gasteiger partial charge in [0, 0.05) is 18.3 Å². The number of hydrogen-bond donors (Lipinski definition) is 1. The SMILES string of the molecule is CCn1ccc(CNC(=O)c2cccc(COCC(F)(F)F)c2)n1. The summed E-state index contributed by atoms with van der Waals surface area (Å²) in [7, 11) is 0. The van der Waals surface area contributed by atoms with Gasteiger partial charge in [-0.15, -0.1) is 0 Å². The van der Waals surface area contributed by atoms with E-state index in [1.807, 2.05) is 19.2 Å². The van der Waals surface area contributed by atoms with Crippen LogP contribution in [0.5, 0.6) is 0 Å². The van der Waals surface area contributed by atoms with E-state index in [2.05, 4.69) is 15.2 Å². The summed E-state index contributed by atoms with van der Waals surface area (Å²) in [6, 6.07) is 8.12. The van der Waals surface area contributed by atoms with Gasteiger partial charge in [0.1, 0.15) is 6.61 Å².